The van der Waals surface area contributed by atoms with Crippen LogP contribution in [-0.2, 0) is 14.8 Å². The lowest BCUT2D eigenvalue weighted by Gasteiger charge is -2.47. The SMILES string of the molecule is O=C(Nc1cccc(F)c1)N1CCC2(OCCN2S(=O)(=O)c2cccc(F)c2)C(F)(F)C1. The highest BCUT2D eigenvalue weighted by Gasteiger charge is 2.67. The van der Waals surface area contributed by atoms with Crippen molar-refractivity contribution in [3.63, 3.8) is 0 Å². The molecule has 2 aliphatic heterocycles. The molecule has 4 rings (SSSR count). The van der Waals surface area contributed by atoms with Crippen LogP contribution in [0.15, 0.2) is 53.4 Å². The zero-order valence-electron chi connectivity index (χ0n) is 16.6. The number of carbonyl (C=O) groups is 1. The Labute approximate surface area is 181 Å². The Balaban J connectivity index is 1.57. The maximum atomic E-state index is 15.4. The van der Waals surface area contributed by atoms with E-state index in [0.29, 0.717) is 4.31 Å². The van der Waals surface area contributed by atoms with Crippen LogP contribution in [0.4, 0.5) is 28.0 Å². The summed E-state index contributed by atoms with van der Waals surface area (Å²) in [6, 6.07) is 8.15. The van der Waals surface area contributed by atoms with Gasteiger partial charge in [0.05, 0.1) is 18.0 Å². The van der Waals surface area contributed by atoms with E-state index in [4.69, 9.17) is 4.74 Å². The minimum atomic E-state index is -4.50. The summed E-state index contributed by atoms with van der Waals surface area (Å²) >= 11 is 0. The first kappa shape index (κ1) is 22.5. The van der Waals surface area contributed by atoms with Gasteiger partial charge in [0.25, 0.3) is 0 Å². The van der Waals surface area contributed by atoms with Crippen molar-refractivity contribution in [1.82, 2.24) is 9.21 Å². The standard InChI is InChI=1S/C20H19F4N3O4S/c21-14-3-1-5-16(11-14)25-18(28)26-8-7-20(19(23,24)13-26)27(9-10-31-20)32(29,30)17-6-2-4-15(22)12-17/h1-6,11-12H,7-10,13H2,(H,25,28). The topological polar surface area (TPSA) is 79.0 Å². The van der Waals surface area contributed by atoms with Crippen molar-refractivity contribution in [2.75, 3.05) is 31.6 Å². The number of carbonyl (C=O) groups excluding carboxylic acids is 1. The fourth-order valence-corrected chi connectivity index (χ4v) is 5.70. The molecule has 2 amide bonds. The van der Waals surface area contributed by atoms with Crippen LogP contribution in [0.3, 0.4) is 0 Å². The van der Waals surface area contributed by atoms with Crippen molar-refractivity contribution in [2.45, 2.75) is 23.0 Å². The minimum Gasteiger partial charge on any atom is -0.352 e. The molecule has 0 saturated carbocycles. The van der Waals surface area contributed by atoms with Gasteiger partial charge in [-0.1, -0.05) is 12.1 Å². The average Bonchev–Trinajstić information content (AvgIpc) is 3.16. The van der Waals surface area contributed by atoms with E-state index in [1.165, 1.54) is 24.3 Å². The summed E-state index contributed by atoms with van der Waals surface area (Å²) in [6.07, 6.45) is -0.509. The fraction of sp³-hybridized carbons (Fsp3) is 0.350. The van der Waals surface area contributed by atoms with E-state index in [1.54, 1.807) is 0 Å². The highest BCUT2D eigenvalue weighted by atomic mass is 32.2. The lowest BCUT2D eigenvalue weighted by atomic mass is 9.96. The number of likely N-dealkylation sites (tertiary alicyclic amines) is 1. The molecule has 1 N–H and O–H groups in total. The number of ether oxygens (including phenoxy) is 1. The second-order valence-electron chi connectivity index (χ2n) is 7.48. The van der Waals surface area contributed by atoms with Gasteiger partial charge >= 0.3 is 12.0 Å². The summed E-state index contributed by atoms with van der Waals surface area (Å²) in [5, 5.41) is 2.34. The Morgan fingerprint density at radius 2 is 1.72 bits per heavy atom. The molecule has 2 fully saturated rings. The number of anilines is 1. The molecule has 32 heavy (non-hydrogen) atoms. The van der Waals surface area contributed by atoms with E-state index >= 15 is 8.78 Å². The Hall–Kier alpha value is -2.70. The van der Waals surface area contributed by atoms with Crippen LogP contribution in [0, 0.1) is 11.6 Å². The minimum absolute atomic E-state index is 0.0889. The summed E-state index contributed by atoms with van der Waals surface area (Å²) in [4.78, 5) is 12.8. The van der Waals surface area contributed by atoms with E-state index < -0.39 is 57.2 Å². The van der Waals surface area contributed by atoms with E-state index in [2.05, 4.69) is 5.32 Å². The number of hydrogen-bond acceptors (Lipinski definition) is 4. The van der Waals surface area contributed by atoms with E-state index in [1.807, 2.05) is 0 Å². The Kier molecular flexibility index (Phi) is 5.63. The van der Waals surface area contributed by atoms with Crippen molar-refractivity contribution in [1.29, 1.82) is 0 Å². The van der Waals surface area contributed by atoms with Crippen molar-refractivity contribution in [3.05, 3.63) is 60.2 Å². The van der Waals surface area contributed by atoms with Gasteiger partial charge < -0.3 is 15.0 Å². The third-order valence-corrected chi connectivity index (χ3v) is 7.37. The first-order valence-electron chi connectivity index (χ1n) is 9.67. The molecule has 7 nitrogen and oxygen atoms in total. The van der Waals surface area contributed by atoms with Gasteiger partial charge in [0.1, 0.15) is 11.6 Å². The van der Waals surface area contributed by atoms with Crippen LogP contribution >= 0.6 is 0 Å². The van der Waals surface area contributed by atoms with Crippen LogP contribution in [0.1, 0.15) is 6.42 Å². The number of nitrogens with one attached hydrogen (secondary N) is 1. The van der Waals surface area contributed by atoms with Gasteiger partial charge in [0.2, 0.25) is 15.7 Å². The van der Waals surface area contributed by atoms with Crippen LogP contribution in [0.25, 0.3) is 0 Å². The molecule has 1 unspecified atom stereocenters. The van der Waals surface area contributed by atoms with E-state index in [9.17, 15) is 22.0 Å². The number of hydrogen-bond donors (Lipinski definition) is 1. The van der Waals surface area contributed by atoms with E-state index in [-0.39, 0.29) is 25.4 Å². The molecule has 2 aliphatic rings. The predicted molar refractivity (Wildman–Crippen MR) is 106 cm³/mol. The molecule has 2 heterocycles. The highest BCUT2D eigenvalue weighted by Crippen LogP contribution is 2.47. The number of sulfonamides is 1. The molecule has 0 radical (unpaired) electrons. The summed E-state index contributed by atoms with van der Waals surface area (Å²) in [5.74, 6) is -5.21. The normalized spacial score (nSPS) is 23.4. The Morgan fingerprint density at radius 3 is 2.38 bits per heavy atom. The van der Waals surface area contributed by atoms with Crippen molar-refractivity contribution in [3.8, 4) is 0 Å². The molecule has 1 spiro atoms. The van der Waals surface area contributed by atoms with E-state index in [0.717, 1.165) is 29.2 Å². The molecule has 0 aromatic heterocycles. The van der Waals surface area contributed by atoms with Gasteiger partial charge in [-0.15, -0.1) is 0 Å². The second-order valence-corrected chi connectivity index (χ2v) is 9.35. The number of urea groups is 1. The van der Waals surface area contributed by atoms with Crippen molar-refractivity contribution >= 4 is 21.7 Å². The number of halogens is 4. The second kappa shape index (κ2) is 8.01. The van der Waals surface area contributed by atoms with Crippen molar-refractivity contribution in [2.24, 2.45) is 0 Å². The quantitative estimate of drug-likeness (QED) is 0.695. The molecule has 2 aromatic rings. The monoisotopic (exact) mass is 473 g/mol. The van der Waals surface area contributed by atoms with Gasteiger partial charge in [-0.25, -0.2) is 22.0 Å². The van der Waals surface area contributed by atoms with Gasteiger partial charge in [-0.3, -0.25) is 0 Å². The summed E-state index contributed by atoms with van der Waals surface area (Å²) < 4.78 is 89.6. The first-order chi connectivity index (χ1) is 15.0. The third-order valence-electron chi connectivity index (χ3n) is 5.47. The maximum absolute atomic E-state index is 15.4. The van der Waals surface area contributed by atoms with Gasteiger partial charge in [-0.2, -0.15) is 13.1 Å². The van der Waals surface area contributed by atoms with Crippen LogP contribution in [0.2, 0.25) is 0 Å². The average molecular weight is 473 g/mol. The largest absolute Gasteiger partial charge is 0.352 e. The zero-order valence-corrected chi connectivity index (χ0v) is 17.4. The molecule has 0 bridgehead atoms. The molecule has 2 aromatic carbocycles. The third kappa shape index (κ3) is 3.82. The van der Waals surface area contributed by atoms with Crippen molar-refractivity contribution < 1.29 is 35.5 Å². The zero-order chi connectivity index (χ0) is 23.1. The molecule has 2 saturated heterocycles. The van der Waals surface area contributed by atoms with Crippen LogP contribution in [-0.4, -0.2) is 61.5 Å². The smallest absolute Gasteiger partial charge is 0.322 e. The number of nitrogens with zero attached hydrogens (tertiary/aromatic N) is 2. The molecule has 0 aliphatic carbocycles. The Morgan fingerprint density at radius 1 is 1.03 bits per heavy atom. The fourth-order valence-electron chi connectivity index (χ4n) is 3.96. The predicted octanol–water partition coefficient (Wildman–Crippen LogP) is 3.26. The first-order valence-corrected chi connectivity index (χ1v) is 11.1. The highest BCUT2D eigenvalue weighted by molar-refractivity contribution is 7.89. The number of benzene rings is 2. The number of rotatable bonds is 3. The molecule has 1 atom stereocenters. The van der Waals surface area contributed by atoms with Gasteiger partial charge in [0.15, 0.2) is 0 Å². The lowest BCUT2D eigenvalue weighted by Crippen LogP contribution is -2.68. The summed E-state index contributed by atoms with van der Waals surface area (Å²) in [6.45, 7) is -1.99. The molecule has 12 heteroatoms. The number of alkyl halides is 2. The number of amides is 2. The van der Waals surface area contributed by atoms with Crippen LogP contribution in [0.5, 0.6) is 0 Å². The number of piperidine rings is 1. The lowest BCUT2D eigenvalue weighted by molar-refractivity contribution is -0.246. The summed E-state index contributed by atoms with van der Waals surface area (Å²) in [5.41, 5.74) is -2.42. The van der Waals surface area contributed by atoms with Crippen LogP contribution < -0.4 is 5.32 Å². The Bertz CT molecular complexity index is 1150. The molecular weight excluding hydrogens is 454 g/mol. The maximum Gasteiger partial charge on any atom is 0.322 e. The molecule has 172 valence electrons. The van der Waals surface area contributed by atoms with Gasteiger partial charge in [0, 0.05) is 25.2 Å². The summed E-state index contributed by atoms with van der Waals surface area (Å²) in [7, 11) is -4.50. The molecular formula is C20H19F4N3O4S. The van der Waals surface area contributed by atoms with Gasteiger partial charge in [-0.05, 0) is 36.4 Å².